The van der Waals surface area contributed by atoms with E-state index in [1.807, 2.05) is 6.08 Å². The van der Waals surface area contributed by atoms with Gasteiger partial charge < -0.3 is 45.1 Å². The molecule has 0 aromatic carbocycles. The zero-order valence-corrected chi connectivity index (χ0v) is 50.9. The molecule has 11 nitrogen and oxygen atoms in total. The molecule has 78 heavy (non-hydrogen) atoms. The number of amides is 1. The zero-order valence-electron chi connectivity index (χ0n) is 50.9. The smallest absolute Gasteiger partial charge is 0.305 e. The summed E-state index contributed by atoms with van der Waals surface area (Å²) in [5.41, 5.74) is 0. The lowest BCUT2D eigenvalue weighted by atomic mass is 9.99. The molecular weight excluding hydrogens is 979 g/mol. The van der Waals surface area contributed by atoms with Gasteiger partial charge in [-0.05, 0) is 57.8 Å². The van der Waals surface area contributed by atoms with Crippen LogP contribution in [0.3, 0.4) is 0 Å². The molecule has 0 aromatic heterocycles. The lowest BCUT2D eigenvalue weighted by molar-refractivity contribution is -0.302. The second kappa shape index (κ2) is 57.0. The summed E-state index contributed by atoms with van der Waals surface area (Å²) < 4.78 is 16.7. The summed E-state index contributed by atoms with van der Waals surface area (Å²) in [5, 5.41) is 54.2. The molecule has 0 bridgehead atoms. The molecule has 0 saturated carbocycles. The summed E-state index contributed by atoms with van der Waals surface area (Å²) in [6, 6.07) is -0.813. The van der Waals surface area contributed by atoms with Crippen LogP contribution in [0.25, 0.3) is 0 Å². The van der Waals surface area contributed by atoms with Crippen LogP contribution < -0.4 is 5.32 Å². The fourth-order valence-corrected chi connectivity index (χ4v) is 10.7. The Morgan fingerprint density at radius 1 is 0.462 bits per heavy atom. The number of esters is 1. The molecule has 1 fully saturated rings. The number of allylic oxidation sites excluding steroid dienone is 3. The minimum absolute atomic E-state index is 0.00267. The maximum atomic E-state index is 13.0. The number of ether oxygens (including phenoxy) is 3. The van der Waals surface area contributed by atoms with Crippen molar-refractivity contribution in [2.75, 3.05) is 19.8 Å². The van der Waals surface area contributed by atoms with Gasteiger partial charge in [0.2, 0.25) is 5.91 Å². The number of hydrogen-bond acceptors (Lipinski definition) is 10. The number of unbranched alkanes of at least 4 members (excludes halogenated alkanes) is 43. The highest BCUT2D eigenvalue weighted by Gasteiger charge is 2.44. The molecule has 1 aliphatic rings. The molecule has 7 unspecified atom stereocenters. The Hall–Kier alpha value is -1.86. The van der Waals surface area contributed by atoms with Gasteiger partial charge >= 0.3 is 5.97 Å². The SMILES string of the molecule is CCCCCCCCC/C=C/C(O)C(COC1OC(CO)C(O)C(O)C1O)NC(=O)CCCCCCCCC/C=C\CCCCCCCCCCCCCOC(=O)CCCCCCCCCCCCCCCCCCCCC. The maximum absolute atomic E-state index is 13.0. The first-order chi connectivity index (χ1) is 38.2. The normalized spacial score (nSPS) is 18.6. The summed E-state index contributed by atoms with van der Waals surface area (Å²) in [4.78, 5) is 25.1. The third-order valence-corrected chi connectivity index (χ3v) is 16.1. The molecule has 0 radical (unpaired) electrons. The van der Waals surface area contributed by atoms with Gasteiger partial charge in [-0.2, -0.15) is 0 Å². The molecular formula is C67H127NO10. The Morgan fingerprint density at radius 2 is 0.821 bits per heavy atom. The summed E-state index contributed by atoms with van der Waals surface area (Å²) in [6.45, 7) is 4.33. The van der Waals surface area contributed by atoms with Crippen molar-refractivity contribution in [1.82, 2.24) is 5.32 Å². The van der Waals surface area contributed by atoms with Crippen molar-refractivity contribution < 1.29 is 49.3 Å². The predicted molar refractivity (Wildman–Crippen MR) is 324 cm³/mol. The van der Waals surface area contributed by atoms with Crippen molar-refractivity contribution in [2.24, 2.45) is 0 Å². The first-order valence-electron chi connectivity index (χ1n) is 33.6. The van der Waals surface area contributed by atoms with Gasteiger partial charge in [0.25, 0.3) is 0 Å². The summed E-state index contributed by atoms with van der Waals surface area (Å²) in [5.74, 6) is -0.187. The summed E-state index contributed by atoms with van der Waals surface area (Å²) in [7, 11) is 0. The minimum atomic E-state index is -1.57. The number of aliphatic hydroxyl groups excluding tert-OH is 5. The third kappa shape index (κ3) is 45.7. The van der Waals surface area contributed by atoms with Gasteiger partial charge in [0, 0.05) is 12.8 Å². The number of aliphatic hydroxyl groups is 5. The van der Waals surface area contributed by atoms with E-state index in [4.69, 9.17) is 14.2 Å². The van der Waals surface area contributed by atoms with Gasteiger partial charge in [0.15, 0.2) is 6.29 Å². The van der Waals surface area contributed by atoms with Crippen molar-refractivity contribution in [2.45, 2.75) is 371 Å². The molecule has 460 valence electrons. The molecule has 0 aliphatic carbocycles. The van der Waals surface area contributed by atoms with E-state index in [9.17, 15) is 35.1 Å². The second-order valence-electron chi connectivity index (χ2n) is 23.5. The van der Waals surface area contributed by atoms with Gasteiger partial charge in [0.05, 0.1) is 32.0 Å². The Labute approximate surface area is 480 Å². The highest BCUT2D eigenvalue weighted by atomic mass is 16.7. The van der Waals surface area contributed by atoms with Gasteiger partial charge in [-0.25, -0.2) is 0 Å². The Morgan fingerprint density at radius 3 is 1.23 bits per heavy atom. The van der Waals surface area contributed by atoms with E-state index in [0.717, 1.165) is 70.6 Å². The fourth-order valence-electron chi connectivity index (χ4n) is 10.7. The van der Waals surface area contributed by atoms with Crippen molar-refractivity contribution in [1.29, 1.82) is 0 Å². The summed E-state index contributed by atoms with van der Waals surface area (Å²) in [6.07, 6.45) is 60.3. The van der Waals surface area contributed by atoms with Crippen molar-refractivity contribution in [3.05, 3.63) is 24.3 Å². The minimum Gasteiger partial charge on any atom is -0.466 e. The largest absolute Gasteiger partial charge is 0.466 e. The lowest BCUT2D eigenvalue weighted by Crippen LogP contribution is -2.60. The fraction of sp³-hybridized carbons (Fsp3) is 0.910. The number of nitrogens with one attached hydrogen (secondary N) is 1. The van der Waals surface area contributed by atoms with E-state index in [0.29, 0.717) is 19.4 Å². The average molecular weight is 1110 g/mol. The van der Waals surface area contributed by atoms with Crippen molar-refractivity contribution in [3.63, 3.8) is 0 Å². The van der Waals surface area contributed by atoms with Gasteiger partial charge in [-0.1, -0.05) is 282 Å². The molecule has 1 amide bonds. The molecule has 1 rings (SSSR count). The van der Waals surface area contributed by atoms with Gasteiger partial charge in [0.1, 0.15) is 24.4 Å². The Balaban J connectivity index is 1.95. The average Bonchev–Trinajstić information content (AvgIpc) is 3.44. The zero-order chi connectivity index (χ0) is 56.6. The van der Waals surface area contributed by atoms with Crippen molar-refractivity contribution in [3.8, 4) is 0 Å². The second-order valence-corrected chi connectivity index (χ2v) is 23.5. The van der Waals surface area contributed by atoms with Gasteiger partial charge in [-0.3, -0.25) is 9.59 Å². The molecule has 1 saturated heterocycles. The first kappa shape index (κ1) is 74.2. The monoisotopic (exact) mass is 1110 g/mol. The molecule has 7 atom stereocenters. The number of carbonyl (C=O) groups excluding carboxylic acids is 2. The van der Waals surface area contributed by atoms with E-state index in [-0.39, 0.29) is 18.5 Å². The van der Waals surface area contributed by atoms with E-state index in [1.165, 1.54) is 231 Å². The van der Waals surface area contributed by atoms with Crippen molar-refractivity contribution >= 4 is 11.9 Å². The highest BCUT2D eigenvalue weighted by molar-refractivity contribution is 5.76. The Kier molecular flexibility index (Phi) is 54.2. The predicted octanol–water partition coefficient (Wildman–Crippen LogP) is 16.5. The van der Waals surface area contributed by atoms with Crippen LogP contribution in [-0.2, 0) is 23.8 Å². The summed E-state index contributed by atoms with van der Waals surface area (Å²) >= 11 is 0. The van der Waals surface area contributed by atoms with Crippen LogP contribution in [0.5, 0.6) is 0 Å². The van der Waals surface area contributed by atoms with Crippen LogP contribution in [-0.4, -0.2) is 100 Å². The van der Waals surface area contributed by atoms with Gasteiger partial charge in [-0.15, -0.1) is 0 Å². The topological polar surface area (TPSA) is 175 Å². The maximum Gasteiger partial charge on any atom is 0.305 e. The van der Waals surface area contributed by atoms with Crippen LogP contribution in [0.4, 0.5) is 0 Å². The van der Waals surface area contributed by atoms with E-state index in [2.05, 4.69) is 31.3 Å². The van der Waals surface area contributed by atoms with Crippen LogP contribution in [0.1, 0.15) is 328 Å². The van der Waals surface area contributed by atoms with E-state index < -0.39 is 49.5 Å². The molecule has 1 aliphatic heterocycles. The standard InChI is InChI=1S/C67H127NO10/c1-3-5-7-9-11-13-14-15-16-17-22-26-29-32-35-39-43-47-51-55-63(72)76-56-52-48-44-40-36-33-30-27-24-21-19-18-20-23-25-28-31-34-38-42-46-50-54-62(71)68-59(60(70)53-49-45-41-37-12-10-8-6-4-2)58-77-67-66(75)65(74)64(73)61(57-69)78-67/h20,23,49,53,59-61,64-67,69-70,73-75H,3-19,21-22,24-48,50-52,54-58H2,1-2H3,(H,68,71)/b23-20-,53-49+. The number of hydrogen-bond donors (Lipinski definition) is 6. The molecule has 0 aromatic rings. The molecule has 11 heteroatoms. The van der Waals surface area contributed by atoms with Crippen LogP contribution in [0.15, 0.2) is 24.3 Å². The highest BCUT2D eigenvalue weighted by Crippen LogP contribution is 2.23. The molecule has 1 heterocycles. The van der Waals surface area contributed by atoms with Crippen LogP contribution in [0, 0.1) is 0 Å². The quantitative estimate of drug-likeness (QED) is 0.0195. The molecule has 6 N–H and O–H groups in total. The first-order valence-corrected chi connectivity index (χ1v) is 33.6. The Bertz CT molecular complexity index is 1350. The number of rotatable bonds is 59. The van der Waals surface area contributed by atoms with E-state index >= 15 is 0 Å². The molecule has 0 spiro atoms. The van der Waals surface area contributed by atoms with E-state index in [1.54, 1.807) is 6.08 Å². The van der Waals surface area contributed by atoms with Crippen LogP contribution in [0.2, 0.25) is 0 Å². The number of carbonyl (C=O) groups is 2. The van der Waals surface area contributed by atoms with Crippen LogP contribution >= 0.6 is 0 Å². The lowest BCUT2D eigenvalue weighted by Gasteiger charge is -2.40. The third-order valence-electron chi connectivity index (χ3n) is 16.1.